The maximum absolute atomic E-state index is 5.17. The predicted octanol–water partition coefficient (Wildman–Crippen LogP) is -16.3. The van der Waals surface area contributed by atoms with Crippen molar-refractivity contribution in [2.75, 3.05) is 25.1 Å². The van der Waals surface area contributed by atoms with E-state index in [1.165, 1.54) is 11.3 Å². The number of halogens is 6. The molecule has 2 rings (SSSR count). The summed E-state index contributed by atoms with van der Waals surface area (Å²) in [5.74, 6) is 0.899. The summed E-state index contributed by atoms with van der Waals surface area (Å²) in [6, 6.07) is 12.6. The summed E-state index contributed by atoms with van der Waals surface area (Å²) in [4.78, 5) is 2.34. The molecule has 0 atom stereocenters. The number of rotatable bonds is 6. The number of pyridine rings is 1. The minimum atomic E-state index is 0. The number of hydrogen-bond donors (Lipinski definition) is 0. The van der Waals surface area contributed by atoms with E-state index in [0.717, 1.165) is 25.4 Å². The quantitative estimate of drug-likeness (QED) is 0.218. The van der Waals surface area contributed by atoms with Gasteiger partial charge in [-0.2, -0.15) is 0 Å². The van der Waals surface area contributed by atoms with Crippen LogP contribution in [0.15, 0.2) is 48.8 Å². The Labute approximate surface area is 173 Å². The number of methoxy groups -OCH3 is 1. The molecule has 0 aliphatic rings. The SMILES string of the molecule is CCN(CC)c1cc[n+](Cc2ccc(OC)cc2)cc1.[F-].[F-].[F-].[F-].[F-].[F-].[SbH3]. The minimum absolute atomic E-state index is 0. The van der Waals surface area contributed by atoms with E-state index in [4.69, 9.17) is 4.74 Å². The number of benzene rings is 1. The van der Waals surface area contributed by atoms with Gasteiger partial charge >= 0.3 is 24.4 Å². The molecule has 0 aliphatic carbocycles. The van der Waals surface area contributed by atoms with Gasteiger partial charge in [-0.1, -0.05) is 0 Å². The molecule has 0 N–H and O–H groups in total. The zero-order valence-corrected chi connectivity index (χ0v) is 19.6. The first-order chi connectivity index (χ1) is 9.76. The maximum atomic E-state index is 5.17. The van der Waals surface area contributed by atoms with E-state index >= 15 is 0 Å². The van der Waals surface area contributed by atoms with E-state index in [9.17, 15) is 0 Å². The third-order valence-electron chi connectivity index (χ3n) is 3.53. The number of nitrogens with zero attached hydrogens (tertiary/aromatic N) is 2. The molecule has 162 valence electrons. The molecule has 0 bridgehead atoms. The fourth-order valence-corrected chi connectivity index (χ4v) is 2.30. The van der Waals surface area contributed by atoms with Crippen molar-refractivity contribution in [3.05, 3.63) is 54.4 Å². The topological polar surface area (TPSA) is 16.4 Å². The van der Waals surface area contributed by atoms with Crippen LogP contribution < -0.4 is 42.4 Å². The van der Waals surface area contributed by atoms with Gasteiger partial charge in [0.15, 0.2) is 18.9 Å². The van der Waals surface area contributed by atoms with Crippen molar-refractivity contribution in [3.8, 4) is 5.75 Å². The molecule has 0 aliphatic heterocycles. The molecule has 0 amide bonds. The number of aromatic nitrogens is 1. The van der Waals surface area contributed by atoms with Crippen LogP contribution in [0.1, 0.15) is 19.4 Å². The number of hydrogen-bond acceptors (Lipinski definition) is 2. The summed E-state index contributed by atoms with van der Waals surface area (Å²) in [6.07, 6.45) is 4.27. The van der Waals surface area contributed by atoms with Crippen LogP contribution in [0.3, 0.4) is 0 Å². The van der Waals surface area contributed by atoms with Gasteiger partial charge in [-0.15, -0.1) is 0 Å². The second-order valence-electron chi connectivity index (χ2n) is 4.75. The van der Waals surface area contributed by atoms with Crippen molar-refractivity contribution in [2.24, 2.45) is 0 Å². The van der Waals surface area contributed by atoms with Crippen molar-refractivity contribution in [1.82, 2.24) is 0 Å². The van der Waals surface area contributed by atoms with Crippen LogP contribution in [0.5, 0.6) is 5.75 Å². The molecular weight excluding hydrogens is 484 g/mol. The molecule has 10 heteroatoms. The van der Waals surface area contributed by atoms with Gasteiger partial charge in [0.05, 0.1) is 7.11 Å². The average Bonchev–Trinajstić information content (AvgIpc) is 2.51. The Kier molecular flexibility index (Phi) is 30.8. The summed E-state index contributed by atoms with van der Waals surface area (Å²) in [7, 11) is 1.69. The van der Waals surface area contributed by atoms with Crippen LogP contribution in [0, 0.1) is 0 Å². The normalized spacial score (nSPS) is 7.67. The van der Waals surface area contributed by atoms with Gasteiger partial charge < -0.3 is 37.9 Å². The van der Waals surface area contributed by atoms with Gasteiger partial charge in [-0.05, 0) is 38.1 Å². The van der Waals surface area contributed by atoms with Gasteiger partial charge in [-0.3, -0.25) is 0 Å². The third-order valence-corrected chi connectivity index (χ3v) is 3.53. The fraction of sp³-hybridized carbons (Fsp3) is 0.353. The average molecular weight is 510 g/mol. The summed E-state index contributed by atoms with van der Waals surface area (Å²) in [5.41, 5.74) is 2.55. The Morgan fingerprint density at radius 3 is 1.59 bits per heavy atom. The zero-order chi connectivity index (χ0) is 14.4. The van der Waals surface area contributed by atoms with E-state index in [2.05, 4.69) is 60.0 Å². The number of ether oxygens (including phenoxy) is 1. The molecule has 0 saturated heterocycles. The van der Waals surface area contributed by atoms with Crippen molar-refractivity contribution in [1.29, 1.82) is 0 Å². The van der Waals surface area contributed by atoms with Crippen LogP contribution in [-0.2, 0) is 6.54 Å². The first-order valence-electron chi connectivity index (χ1n) is 7.13. The van der Waals surface area contributed by atoms with Crippen molar-refractivity contribution in [2.45, 2.75) is 20.4 Å². The number of anilines is 1. The van der Waals surface area contributed by atoms with Gasteiger partial charge in [0.25, 0.3) is 0 Å². The molecule has 0 saturated carbocycles. The Morgan fingerprint density at radius 1 is 0.778 bits per heavy atom. The summed E-state index contributed by atoms with van der Waals surface area (Å²) in [6.45, 7) is 7.32. The molecule has 0 radical (unpaired) electrons. The Morgan fingerprint density at radius 2 is 1.22 bits per heavy atom. The zero-order valence-electron chi connectivity index (χ0n) is 15.5. The fourth-order valence-electron chi connectivity index (χ4n) is 2.30. The molecule has 0 spiro atoms. The summed E-state index contributed by atoms with van der Waals surface area (Å²) >= 11 is 0. The van der Waals surface area contributed by atoms with Crippen molar-refractivity contribution >= 4 is 30.1 Å². The molecule has 0 fully saturated rings. The van der Waals surface area contributed by atoms with Crippen molar-refractivity contribution in [3.63, 3.8) is 0 Å². The molecule has 1 aromatic heterocycles. The van der Waals surface area contributed by atoms with Crippen LogP contribution in [0.4, 0.5) is 5.69 Å². The first kappa shape index (κ1) is 40.2. The molecular formula is C17H26F6N2OSb-5. The molecule has 27 heavy (non-hydrogen) atoms. The van der Waals surface area contributed by atoms with E-state index in [0.29, 0.717) is 0 Å². The summed E-state index contributed by atoms with van der Waals surface area (Å²) < 4.78 is 7.36. The molecule has 2 aromatic rings. The van der Waals surface area contributed by atoms with Crippen LogP contribution >= 0.6 is 0 Å². The Hall–Kier alpha value is -1.63. The van der Waals surface area contributed by atoms with Gasteiger partial charge in [-0.25, -0.2) is 4.57 Å². The standard InChI is InChI=1S/C17H23N2O.6FH.Sb.3H/c1-4-19(5-2)16-10-12-18(13-11-16)14-15-6-8-17(20-3)9-7-15;;;;;;;;;;/h6-13H,4-5,14H2,1-3H3;6*1H;;;;/q+1;;;;;;;;;;/p-6. The molecule has 1 aromatic carbocycles. The Balaban J connectivity index is -0.000000157. The van der Waals surface area contributed by atoms with Crippen LogP contribution in [0.2, 0.25) is 0 Å². The molecule has 3 nitrogen and oxygen atoms in total. The van der Waals surface area contributed by atoms with Crippen LogP contribution in [0.25, 0.3) is 0 Å². The van der Waals surface area contributed by atoms with E-state index in [1.54, 1.807) is 7.11 Å². The van der Waals surface area contributed by atoms with Gasteiger partial charge in [0.2, 0.25) is 0 Å². The summed E-state index contributed by atoms with van der Waals surface area (Å²) in [5, 5.41) is 0. The van der Waals surface area contributed by atoms with E-state index in [1.807, 2.05) is 12.1 Å². The second-order valence-corrected chi connectivity index (χ2v) is 4.75. The van der Waals surface area contributed by atoms with Gasteiger partial charge in [0, 0.05) is 36.5 Å². The van der Waals surface area contributed by atoms with Gasteiger partial charge in [0.1, 0.15) is 5.75 Å². The van der Waals surface area contributed by atoms with E-state index in [-0.39, 0.29) is 52.7 Å². The molecule has 0 unspecified atom stereocenters. The molecule has 1 heterocycles. The monoisotopic (exact) mass is 509 g/mol. The van der Waals surface area contributed by atoms with E-state index < -0.39 is 0 Å². The Bertz CT molecular complexity index is 542. The van der Waals surface area contributed by atoms with Crippen molar-refractivity contribution < 1.29 is 37.5 Å². The third kappa shape index (κ3) is 11.6. The second kappa shape index (κ2) is 20.7. The predicted molar refractivity (Wildman–Crippen MR) is 92.2 cm³/mol. The first-order valence-corrected chi connectivity index (χ1v) is 7.13. The van der Waals surface area contributed by atoms with Crippen LogP contribution in [-0.4, -0.2) is 44.6 Å².